The van der Waals surface area contributed by atoms with Crippen LogP contribution in [0.2, 0.25) is 0 Å². The van der Waals surface area contributed by atoms with Gasteiger partial charge in [-0.15, -0.1) is 5.10 Å². The van der Waals surface area contributed by atoms with Crippen LogP contribution in [0.4, 0.5) is 4.39 Å². The average molecular weight is 345 g/mol. The third-order valence-corrected chi connectivity index (χ3v) is 4.25. The summed E-state index contributed by atoms with van der Waals surface area (Å²) in [6.07, 6.45) is 1.42. The van der Waals surface area contributed by atoms with Gasteiger partial charge in [0.2, 0.25) is 0 Å². The van der Waals surface area contributed by atoms with Crippen molar-refractivity contribution in [3.63, 3.8) is 0 Å². The highest BCUT2D eigenvalue weighted by atomic mass is 19.1. The molecule has 0 radical (unpaired) electrons. The number of hydrogen-bond donors (Lipinski definition) is 0. The Morgan fingerprint density at radius 3 is 2.62 bits per heavy atom. The molecule has 0 amide bonds. The van der Waals surface area contributed by atoms with Crippen molar-refractivity contribution in [1.82, 2.24) is 34.7 Å². The molecular formula is C18H12FN7. The lowest BCUT2D eigenvalue weighted by atomic mass is 10.2. The molecule has 0 saturated carbocycles. The van der Waals surface area contributed by atoms with E-state index in [4.69, 9.17) is 0 Å². The maximum Gasteiger partial charge on any atom is 0.170 e. The number of hydrogen-bond acceptors (Lipinski definition) is 5. The molecule has 0 fully saturated rings. The van der Waals surface area contributed by atoms with Gasteiger partial charge in [0.1, 0.15) is 23.3 Å². The summed E-state index contributed by atoms with van der Waals surface area (Å²) >= 11 is 0. The molecule has 0 N–H and O–H groups in total. The highest BCUT2D eigenvalue weighted by Crippen LogP contribution is 2.26. The van der Waals surface area contributed by atoms with Crippen LogP contribution in [0.1, 0.15) is 5.69 Å². The van der Waals surface area contributed by atoms with Crippen LogP contribution in [0.3, 0.4) is 0 Å². The second kappa shape index (κ2) is 5.41. The maximum absolute atomic E-state index is 14.3. The van der Waals surface area contributed by atoms with E-state index in [0.29, 0.717) is 28.2 Å². The molecule has 5 aromatic rings. The molecule has 8 heteroatoms. The number of halogens is 1. The van der Waals surface area contributed by atoms with Gasteiger partial charge >= 0.3 is 0 Å². The van der Waals surface area contributed by atoms with E-state index < -0.39 is 0 Å². The van der Waals surface area contributed by atoms with Crippen molar-refractivity contribution >= 4 is 22.1 Å². The van der Waals surface area contributed by atoms with Crippen molar-refractivity contribution in [1.29, 1.82) is 0 Å². The van der Waals surface area contributed by atoms with Crippen LogP contribution in [0, 0.1) is 12.7 Å². The first-order valence-corrected chi connectivity index (χ1v) is 8.00. The van der Waals surface area contributed by atoms with Crippen LogP contribution < -0.4 is 0 Å². The van der Waals surface area contributed by atoms with E-state index in [1.54, 1.807) is 22.9 Å². The van der Waals surface area contributed by atoms with Gasteiger partial charge in [-0.1, -0.05) is 29.5 Å². The number of nitrogens with zero attached hydrogens (tertiary/aromatic N) is 7. The van der Waals surface area contributed by atoms with Crippen molar-refractivity contribution < 1.29 is 4.39 Å². The molecule has 3 aromatic heterocycles. The topological polar surface area (TPSA) is 74.3 Å². The van der Waals surface area contributed by atoms with Crippen molar-refractivity contribution in [3.8, 4) is 11.5 Å². The van der Waals surface area contributed by atoms with Crippen LogP contribution in [-0.4, -0.2) is 34.7 Å². The number of aryl methyl sites for hydroxylation is 1. The van der Waals surface area contributed by atoms with E-state index >= 15 is 0 Å². The van der Waals surface area contributed by atoms with Gasteiger partial charge in [-0.2, -0.15) is 9.78 Å². The highest BCUT2D eigenvalue weighted by Gasteiger charge is 2.19. The molecule has 26 heavy (non-hydrogen) atoms. The van der Waals surface area contributed by atoms with Gasteiger partial charge in [0, 0.05) is 0 Å². The van der Waals surface area contributed by atoms with E-state index in [1.165, 1.54) is 17.1 Å². The van der Waals surface area contributed by atoms with E-state index in [0.717, 1.165) is 11.0 Å². The molecule has 126 valence electrons. The van der Waals surface area contributed by atoms with E-state index in [9.17, 15) is 4.39 Å². The summed E-state index contributed by atoms with van der Waals surface area (Å²) in [5.41, 5.74) is 3.11. The number of aromatic nitrogens is 7. The predicted octanol–water partition coefficient (Wildman–Crippen LogP) is 3.00. The van der Waals surface area contributed by atoms with Crippen molar-refractivity contribution in [3.05, 3.63) is 66.4 Å². The Hall–Kier alpha value is -3.68. The van der Waals surface area contributed by atoms with Crippen molar-refractivity contribution in [2.45, 2.75) is 6.92 Å². The monoisotopic (exact) mass is 345 g/mol. The van der Waals surface area contributed by atoms with Gasteiger partial charge < -0.3 is 0 Å². The Morgan fingerprint density at radius 2 is 1.73 bits per heavy atom. The standard InChI is InChI=1S/C18H12FN7/c1-11-16-17(25(23-11)14-8-4-2-6-12(14)19)20-10-21-18(16)26-15-9-5-3-7-13(15)22-24-26/h2-10H,1H3. The highest BCUT2D eigenvalue weighted by molar-refractivity contribution is 5.88. The average Bonchev–Trinajstić information content (AvgIpc) is 3.24. The molecule has 0 unspecified atom stereocenters. The van der Waals surface area contributed by atoms with E-state index in [-0.39, 0.29) is 5.82 Å². The van der Waals surface area contributed by atoms with Crippen molar-refractivity contribution in [2.24, 2.45) is 0 Å². The molecule has 5 rings (SSSR count). The fourth-order valence-corrected chi connectivity index (χ4v) is 3.08. The molecule has 3 heterocycles. The second-order valence-corrected chi connectivity index (χ2v) is 5.83. The fraction of sp³-hybridized carbons (Fsp3) is 0.0556. The van der Waals surface area contributed by atoms with E-state index in [1.807, 2.05) is 31.2 Å². The molecule has 0 atom stereocenters. The largest absolute Gasteiger partial charge is 0.216 e. The minimum Gasteiger partial charge on any atom is -0.216 e. The van der Waals surface area contributed by atoms with Crippen LogP contribution in [0.15, 0.2) is 54.9 Å². The first-order valence-electron chi connectivity index (χ1n) is 8.00. The zero-order valence-corrected chi connectivity index (χ0v) is 13.7. The third-order valence-electron chi connectivity index (χ3n) is 4.25. The lowest BCUT2D eigenvalue weighted by molar-refractivity contribution is 0.612. The van der Waals surface area contributed by atoms with Gasteiger partial charge in [-0.05, 0) is 31.2 Å². The number of rotatable bonds is 2. The first kappa shape index (κ1) is 14.6. The van der Waals surface area contributed by atoms with Gasteiger partial charge in [-0.25, -0.2) is 19.0 Å². The van der Waals surface area contributed by atoms with Gasteiger partial charge in [0.05, 0.1) is 16.6 Å². The van der Waals surface area contributed by atoms with Gasteiger partial charge in [0.15, 0.2) is 11.5 Å². The van der Waals surface area contributed by atoms with Crippen LogP contribution in [-0.2, 0) is 0 Å². The summed E-state index contributed by atoms with van der Waals surface area (Å²) in [6, 6.07) is 14.1. The quantitative estimate of drug-likeness (QED) is 0.492. The lowest BCUT2D eigenvalue weighted by Gasteiger charge is -2.05. The number of para-hydroxylation sites is 2. The molecule has 2 aromatic carbocycles. The normalized spacial score (nSPS) is 11.5. The molecule has 7 nitrogen and oxygen atoms in total. The molecule has 0 spiro atoms. The van der Waals surface area contributed by atoms with Gasteiger partial charge in [-0.3, -0.25) is 0 Å². The van der Waals surface area contributed by atoms with Crippen LogP contribution >= 0.6 is 0 Å². The zero-order chi connectivity index (χ0) is 17.7. The maximum atomic E-state index is 14.3. The Labute approximate surface area is 146 Å². The summed E-state index contributed by atoms with van der Waals surface area (Å²) in [6.45, 7) is 1.84. The van der Waals surface area contributed by atoms with Crippen LogP contribution in [0.5, 0.6) is 0 Å². The summed E-state index contributed by atoms with van der Waals surface area (Å²) in [5.74, 6) is 0.187. The van der Waals surface area contributed by atoms with Crippen LogP contribution in [0.25, 0.3) is 33.6 Å². The summed E-state index contributed by atoms with van der Waals surface area (Å²) in [4.78, 5) is 8.72. The minimum absolute atomic E-state index is 0.332. The second-order valence-electron chi connectivity index (χ2n) is 5.83. The molecule has 0 bridgehead atoms. The van der Waals surface area contributed by atoms with Crippen molar-refractivity contribution in [2.75, 3.05) is 0 Å². The smallest absolute Gasteiger partial charge is 0.170 e. The SMILES string of the molecule is Cc1nn(-c2ccccc2F)c2ncnc(-n3nnc4ccccc43)c12. The number of benzene rings is 2. The zero-order valence-electron chi connectivity index (χ0n) is 13.7. The Balaban J connectivity index is 1.83. The Morgan fingerprint density at radius 1 is 0.923 bits per heavy atom. The molecule has 0 aliphatic rings. The first-order chi connectivity index (χ1) is 12.7. The Bertz CT molecular complexity index is 1270. The molecule has 0 aliphatic heterocycles. The number of fused-ring (bicyclic) bond motifs is 2. The fourth-order valence-electron chi connectivity index (χ4n) is 3.08. The predicted molar refractivity (Wildman–Crippen MR) is 93.8 cm³/mol. The Kier molecular flexibility index (Phi) is 3.05. The minimum atomic E-state index is -0.372. The molecule has 0 saturated heterocycles. The molecular weight excluding hydrogens is 333 g/mol. The third kappa shape index (κ3) is 2.02. The van der Waals surface area contributed by atoms with E-state index in [2.05, 4.69) is 25.4 Å². The lowest BCUT2D eigenvalue weighted by Crippen LogP contribution is -2.03. The summed E-state index contributed by atoms with van der Waals surface area (Å²) < 4.78 is 17.4. The van der Waals surface area contributed by atoms with Gasteiger partial charge in [0.25, 0.3) is 0 Å². The summed E-state index contributed by atoms with van der Waals surface area (Å²) in [5, 5.41) is 13.6. The molecule has 0 aliphatic carbocycles. The summed E-state index contributed by atoms with van der Waals surface area (Å²) in [7, 11) is 0.